The second kappa shape index (κ2) is 5.65. The third kappa shape index (κ3) is 3.59. The van der Waals surface area contributed by atoms with Crippen LogP contribution in [0.3, 0.4) is 0 Å². The van der Waals surface area contributed by atoms with Gasteiger partial charge in [0.2, 0.25) is 0 Å². The zero-order valence-electron chi connectivity index (χ0n) is 11.0. The van der Waals surface area contributed by atoms with Gasteiger partial charge in [-0.3, -0.25) is 0 Å². The van der Waals surface area contributed by atoms with Crippen LogP contribution in [-0.4, -0.2) is 0 Å². The lowest BCUT2D eigenvalue weighted by molar-refractivity contribution is -0.140. The SMILES string of the molecule is Cc1ccc(CCc2ccc(F)c(C(F)(F)F)c2)cc1. The minimum Gasteiger partial charge on any atom is -0.206 e. The lowest BCUT2D eigenvalue weighted by Gasteiger charge is -2.10. The fraction of sp³-hybridized carbons (Fsp3) is 0.250. The number of hydrogen-bond donors (Lipinski definition) is 0. The molecule has 106 valence electrons. The second-order valence-corrected chi connectivity index (χ2v) is 4.80. The zero-order chi connectivity index (χ0) is 14.8. The molecule has 0 atom stereocenters. The van der Waals surface area contributed by atoms with Gasteiger partial charge in [-0.05, 0) is 43.0 Å². The van der Waals surface area contributed by atoms with Crippen molar-refractivity contribution in [3.8, 4) is 0 Å². The molecule has 0 saturated heterocycles. The molecule has 4 heteroatoms. The monoisotopic (exact) mass is 282 g/mol. The molecule has 2 aromatic rings. The fourth-order valence-corrected chi connectivity index (χ4v) is 1.99. The van der Waals surface area contributed by atoms with Crippen LogP contribution < -0.4 is 0 Å². The highest BCUT2D eigenvalue weighted by Gasteiger charge is 2.34. The normalized spacial score (nSPS) is 11.7. The van der Waals surface area contributed by atoms with Crippen LogP contribution in [0.2, 0.25) is 0 Å². The van der Waals surface area contributed by atoms with Crippen molar-refractivity contribution in [3.05, 3.63) is 70.5 Å². The number of halogens is 4. The van der Waals surface area contributed by atoms with Gasteiger partial charge in [0.1, 0.15) is 5.82 Å². The highest BCUT2D eigenvalue weighted by atomic mass is 19.4. The Kier molecular flexibility index (Phi) is 4.12. The van der Waals surface area contributed by atoms with Crippen LogP contribution in [0.1, 0.15) is 22.3 Å². The molecule has 0 heterocycles. The molecule has 0 amide bonds. The molecular weight excluding hydrogens is 268 g/mol. The third-order valence-corrected chi connectivity index (χ3v) is 3.16. The molecule has 0 aliphatic rings. The van der Waals surface area contributed by atoms with E-state index in [0.29, 0.717) is 18.4 Å². The Morgan fingerprint density at radius 3 is 2.00 bits per heavy atom. The number of aryl methyl sites for hydroxylation is 3. The molecular formula is C16H14F4. The summed E-state index contributed by atoms with van der Waals surface area (Å²) in [6, 6.07) is 11.0. The van der Waals surface area contributed by atoms with Crippen molar-refractivity contribution in [3.63, 3.8) is 0 Å². The lowest BCUT2D eigenvalue weighted by Crippen LogP contribution is -2.09. The van der Waals surface area contributed by atoms with E-state index in [0.717, 1.165) is 23.3 Å². The second-order valence-electron chi connectivity index (χ2n) is 4.80. The number of hydrogen-bond acceptors (Lipinski definition) is 0. The number of benzene rings is 2. The van der Waals surface area contributed by atoms with Crippen LogP contribution in [0.4, 0.5) is 17.6 Å². The van der Waals surface area contributed by atoms with Gasteiger partial charge in [-0.25, -0.2) is 4.39 Å². The van der Waals surface area contributed by atoms with Crippen LogP contribution in [0.15, 0.2) is 42.5 Å². The van der Waals surface area contributed by atoms with Gasteiger partial charge in [0.25, 0.3) is 0 Å². The van der Waals surface area contributed by atoms with Crippen molar-refractivity contribution in [2.45, 2.75) is 25.9 Å². The maximum atomic E-state index is 13.2. The minimum absolute atomic E-state index is 0.451. The Labute approximate surface area is 115 Å². The molecule has 0 aliphatic heterocycles. The van der Waals surface area contributed by atoms with Gasteiger partial charge in [-0.2, -0.15) is 13.2 Å². The van der Waals surface area contributed by atoms with E-state index in [2.05, 4.69) is 0 Å². The van der Waals surface area contributed by atoms with Gasteiger partial charge in [0, 0.05) is 0 Å². The van der Waals surface area contributed by atoms with E-state index in [-0.39, 0.29) is 0 Å². The van der Waals surface area contributed by atoms with Crippen molar-refractivity contribution < 1.29 is 17.6 Å². The van der Waals surface area contributed by atoms with Crippen molar-refractivity contribution in [2.24, 2.45) is 0 Å². The first-order chi connectivity index (χ1) is 9.36. The molecule has 0 spiro atoms. The Morgan fingerprint density at radius 1 is 0.850 bits per heavy atom. The quantitative estimate of drug-likeness (QED) is 0.700. The molecule has 0 aliphatic carbocycles. The molecule has 20 heavy (non-hydrogen) atoms. The van der Waals surface area contributed by atoms with Crippen LogP contribution in [0.25, 0.3) is 0 Å². The van der Waals surface area contributed by atoms with Crippen LogP contribution in [0, 0.1) is 12.7 Å². The highest BCUT2D eigenvalue weighted by molar-refractivity contribution is 5.29. The van der Waals surface area contributed by atoms with Gasteiger partial charge in [0.05, 0.1) is 5.56 Å². The molecule has 0 radical (unpaired) electrons. The highest BCUT2D eigenvalue weighted by Crippen LogP contribution is 2.32. The summed E-state index contributed by atoms with van der Waals surface area (Å²) in [5, 5.41) is 0. The minimum atomic E-state index is -4.65. The summed E-state index contributed by atoms with van der Waals surface area (Å²) in [5.74, 6) is -1.23. The Morgan fingerprint density at radius 2 is 1.40 bits per heavy atom. The van der Waals surface area contributed by atoms with E-state index in [9.17, 15) is 17.6 Å². The van der Waals surface area contributed by atoms with Gasteiger partial charge >= 0.3 is 6.18 Å². The summed E-state index contributed by atoms with van der Waals surface area (Å²) in [7, 11) is 0. The first-order valence-corrected chi connectivity index (χ1v) is 6.27. The van der Waals surface area contributed by atoms with Gasteiger partial charge in [-0.15, -0.1) is 0 Å². The molecule has 0 aromatic heterocycles. The maximum absolute atomic E-state index is 13.2. The standard InChI is InChI=1S/C16H14F4/c1-11-2-4-12(5-3-11)6-7-13-8-9-15(17)14(10-13)16(18,19)20/h2-5,8-10H,6-7H2,1H3. The summed E-state index contributed by atoms with van der Waals surface area (Å²) < 4.78 is 50.9. The van der Waals surface area contributed by atoms with Crippen molar-refractivity contribution >= 4 is 0 Å². The molecule has 0 bridgehead atoms. The lowest BCUT2D eigenvalue weighted by atomic mass is 10.0. The van der Waals surface area contributed by atoms with Crippen LogP contribution in [-0.2, 0) is 19.0 Å². The Balaban J connectivity index is 2.12. The average molecular weight is 282 g/mol. The van der Waals surface area contributed by atoms with Crippen LogP contribution in [0.5, 0.6) is 0 Å². The third-order valence-electron chi connectivity index (χ3n) is 3.16. The number of rotatable bonds is 3. The summed E-state index contributed by atoms with van der Waals surface area (Å²) in [6.07, 6.45) is -3.57. The van der Waals surface area contributed by atoms with Gasteiger partial charge in [-0.1, -0.05) is 35.9 Å². The topological polar surface area (TPSA) is 0 Å². The predicted molar refractivity (Wildman–Crippen MR) is 70.0 cm³/mol. The molecule has 0 N–H and O–H groups in total. The van der Waals surface area contributed by atoms with E-state index in [4.69, 9.17) is 0 Å². The van der Waals surface area contributed by atoms with E-state index in [1.165, 1.54) is 6.07 Å². The summed E-state index contributed by atoms with van der Waals surface area (Å²) >= 11 is 0. The summed E-state index contributed by atoms with van der Waals surface area (Å²) in [5.41, 5.74) is 1.47. The smallest absolute Gasteiger partial charge is 0.206 e. The van der Waals surface area contributed by atoms with Crippen molar-refractivity contribution in [1.29, 1.82) is 0 Å². The molecule has 0 unspecified atom stereocenters. The summed E-state index contributed by atoms with van der Waals surface area (Å²) in [4.78, 5) is 0. The molecule has 2 aromatic carbocycles. The number of alkyl halides is 3. The molecule has 0 saturated carbocycles. The summed E-state index contributed by atoms with van der Waals surface area (Å²) in [6.45, 7) is 1.97. The van der Waals surface area contributed by atoms with Crippen LogP contribution >= 0.6 is 0 Å². The average Bonchev–Trinajstić information content (AvgIpc) is 2.38. The first-order valence-electron chi connectivity index (χ1n) is 6.27. The molecule has 0 nitrogen and oxygen atoms in total. The van der Waals surface area contributed by atoms with E-state index in [1.54, 1.807) is 0 Å². The first kappa shape index (κ1) is 14.6. The fourth-order valence-electron chi connectivity index (χ4n) is 1.99. The van der Waals surface area contributed by atoms with Crippen molar-refractivity contribution in [2.75, 3.05) is 0 Å². The van der Waals surface area contributed by atoms with E-state index < -0.39 is 17.6 Å². The van der Waals surface area contributed by atoms with Crippen molar-refractivity contribution in [1.82, 2.24) is 0 Å². The Bertz CT molecular complexity index is 582. The maximum Gasteiger partial charge on any atom is 0.419 e. The Hall–Kier alpha value is -1.84. The molecule has 2 rings (SSSR count). The van der Waals surface area contributed by atoms with Gasteiger partial charge < -0.3 is 0 Å². The van der Waals surface area contributed by atoms with E-state index >= 15 is 0 Å². The largest absolute Gasteiger partial charge is 0.419 e. The van der Waals surface area contributed by atoms with Gasteiger partial charge in [0.15, 0.2) is 0 Å². The zero-order valence-corrected chi connectivity index (χ0v) is 11.0. The predicted octanol–water partition coefficient (Wildman–Crippen LogP) is 4.94. The molecule has 0 fully saturated rings. The van der Waals surface area contributed by atoms with E-state index in [1.807, 2.05) is 31.2 Å².